The molecule has 0 spiro atoms. The van der Waals surface area contributed by atoms with Crippen molar-refractivity contribution in [1.29, 1.82) is 0 Å². The second-order valence-corrected chi connectivity index (χ2v) is 11.3. The van der Waals surface area contributed by atoms with Crippen LogP contribution in [0.5, 0.6) is 0 Å². The van der Waals surface area contributed by atoms with Gasteiger partial charge in [0.25, 0.3) is 5.91 Å². The number of hydrogen-bond donors (Lipinski definition) is 1. The fraction of sp³-hybridized carbons (Fsp3) is 0.655. The van der Waals surface area contributed by atoms with Crippen molar-refractivity contribution in [2.45, 2.75) is 77.3 Å². The third-order valence-corrected chi connectivity index (χ3v) is 8.77. The normalized spacial score (nSPS) is 22.7. The number of nitrogens with zero attached hydrogens (tertiary/aromatic N) is 2. The number of carbonyl (C=O) groups is 2. The lowest BCUT2D eigenvalue weighted by atomic mass is 9.75. The van der Waals surface area contributed by atoms with Gasteiger partial charge < -0.3 is 19.5 Å². The quantitative estimate of drug-likeness (QED) is 0.616. The molecule has 2 aromatic rings. The van der Waals surface area contributed by atoms with E-state index in [9.17, 15) is 9.59 Å². The van der Waals surface area contributed by atoms with Gasteiger partial charge in [0.1, 0.15) is 0 Å². The van der Waals surface area contributed by atoms with Crippen molar-refractivity contribution in [3.63, 3.8) is 0 Å². The third kappa shape index (κ3) is 4.87. The summed E-state index contributed by atoms with van der Waals surface area (Å²) in [5.41, 5.74) is 4.99. The van der Waals surface area contributed by atoms with E-state index in [2.05, 4.69) is 22.0 Å². The number of nitrogens with one attached hydrogen (secondary N) is 1. The summed E-state index contributed by atoms with van der Waals surface area (Å²) < 4.78 is 8.22. The molecule has 6 rings (SSSR count). The highest BCUT2D eigenvalue weighted by Gasteiger charge is 2.33. The molecule has 2 saturated carbocycles. The van der Waals surface area contributed by atoms with Crippen molar-refractivity contribution in [3.05, 3.63) is 35.0 Å². The molecule has 1 aromatic heterocycles. The van der Waals surface area contributed by atoms with E-state index in [4.69, 9.17) is 4.74 Å². The van der Waals surface area contributed by atoms with Crippen molar-refractivity contribution in [2.24, 2.45) is 17.8 Å². The zero-order valence-electron chi connectivity index (χ0n) is 21.1. The van der Waals surface area contributed by atoms with E-state index in [1.807, 2.05) is 13.0 Å². The Hall–Kier alpha value is -2.34. The first kappa shape index (κ1) is 23.1. The monoisotopic (exact) mass is 477 g/mol. The van der Waals surface area contributed by atoms with Crippen molar-refractivity contribution in [1.82, 2.24) is 14.8 Å². The molecule has 1 aromatic carbocycles. The molecule has 1 unspecified atom stereocenters. The maximum atomic E-state index is 13.5. The van der Waals surface area contributed by atoms with E-state index in [1.165, 1.54) is 54.3 Å². The van der Waals surface area contributed by atoms with Crippen molar-refractivity contribution in [2.75, 3.05) is 26.3 Å². The van der Waals surface area contributed by atoms with E-state index in [0.717, 1.165) is 57.3 Å². The average molecular weight is 478 g/mol. The first-order chi connectivity index (χ1) is 17.1. The standard InChI is InChI=1S/C29H39N3O3/c1-2-31(18-28(33)30-23-7-8-23)29(34)22-6-10-27-25(16-22)24-15-21(20-11-13-35-14-12-20)5-9-26(24)32(27)17-19-3-4-19/h6,10,16,19-21,23H,2-5,7-9,11-15,17-18H2,1H3,(H,30,33). The molecule has 2 heterocycles. The highest BCUT2D eigenvalue weighted by atomic mass is 16.5. The molecule has 0 bridgehead atoms. The van der Waals surface area contributed by atoms with E-state index in [0.29, 0.717) is 24.1 Å². The number of fused-ring (bicyclic) bond motifs is 3. The van der Waals surface area contributed by atoms with Crippen LogP contribution in [-0.4, -0.2) is 53.6 Å². The van der Waals surface area contributed by atoms with E-state index in [1.54, 1.807) is 4.90 Å². The van der Waals surface area contributed by atoms with Crippen LogP contribution in [0.1, 0.15) is 73.5 Å². The number of benzene rings is 1. The summed E-state index contributed by atoms with van der Waals surface area (Å²) in [5, 5.41) is 4.28. The van der Waals surface area contributed by atoms with Crippen molar-refractivity contribution in [3.8, 4) is 0 Å². The number of carbonyl (C=O) groups excluding carboxylic acids is 2. The van der Waals surface area contributed by atoms with Crippen LogP contribution in [0, 0.1) is 17.8 Å². The van der Waals surface area contributed by atoms with Crippen LogP contribution in [-0.2, 0) is 28.9 Å². The van der Waals surface area contributed by atoms with Crippen LogP contribution in [0.3, 0.4) is 0 Å². The van der Waals surface area contributed by atoms with Crippen molar-refractivity contribution >= 4 is 22.7 Å². The van der Waals surface area contributed by atoms with Gasteiger partial charge in [0.2, 0.25) is 5.91 Å². The summed E-state index contributed by atoms with van der Waals surface area (Å²) in [5.74, 6) is 2.19. The largest absolute Gasteiger partial charge is 0.381 e. The number of aromatic nitrogens is 1. The minimum atomic E-state index is -0.0453. The lowest BCUT2D eigenvalue weighted by Crippen LogP contribution is -2.41. The minimum absolute atomic E-state index is 0.0409. The summed E-state index contributed by atoms with van der Waals surface area (Å²) in [4.78, 5) is 27.5. The molecule has 3 aliphatic carbocycles. The second-order valence-electron chi connectivity index (χ2n) is 11.3. The zero-order chi connectivity index (χ0) is 23.9. The molecule has 2 amide bonds. The maximum Gasteiger partial charge on any atom is 0.254 e. The van der Waals surface area contributed by atoms with Crippen molar-refractivity contribution < 1.29 is 14.3 Å². The highest BCUT2D eigenvalue weighted by Crippen LogP contribution is 2.41. The summed E-state index contributed by atoms with van der Waals surface area (Å²) >= 11 is 0. The zero-order valence-corrected chi connectivity index (χ0v) is 21.1. The number of amides is 2. The van der Waals surface area contributed by atoms with Gasteiger partial charge in [-0.05, 0) is 106 Å². The van der Waals surface area contributed by atoms with Gasteiger partial charge >= 0.3 is 0 Å². The van der Waals surface area contributed by atoms with Gasteiger partial charge in [0.05, 0.1) is 6.54 Å². The number of ether oxygens (including phenoxy) is 1. The van der Waals surface area contributed by atoms with Gasteiger partial charge in [-0.2, -0.15) is 0 Å². The topological polar surface area (TPSA) is 63.6 Å². The van der Waals surface area contributed by atoms with Crippen LogP contribution in [0.25, 0.3) is 10.9 Å². The Labute approximate surface area is 208 Å². The molecular formula is C29H39N3O3. The Balaban J connectivity index is 1.29. The number of likely N-dealkylation sites (N-methyl/N-ethyl adjacent to an activating group) is 1. The van der Waals surface area contributed by atoms with Gasteiger partial charge in [-0.15, -0.1) is 0 Å². The Morgan fingerprint density at radius 2 is 1.86 bits per heavy atom. The molecule has 1 saturated heterocycles. The molecule has 4 aliphatic rings. The summed E-state index contributed by atoms with van der Waals surface area (Å²) in [7, 11) is 0. The fourth-order valence-corrected chi connectivity index (χ4v) is 6.35. The molecule has 1 N–H and O–H groups in total. The van der Waals surface area contributed by atoms with Gasteiger partial charge in [0.15, 0.2) is 0 Å². The Kier molecular flexibility index (Phi) is 6.34. The predicted octanol–water partition coefficient (Wildman–Crippen LogP) is 4.32. The molecule has 3 fully saturated rings. The molecule has 1 atom stereocenters. The summed E-state index contributed by atoms with van der Waals surface area (Å²) in [6, 6.07) is 6.60. The maximum absolute atomic E-state index is 13.5. The molecule has 188 valence electrons. The SMILES string of the molecule is CCN(CC(=O)NC1CC1)C(=O)c1ccc2c(c1)c1c(n2CC2CC2)CCC(C2CCOCC2)C1. The highest BCUT2D eigenvalue weighted by molar-refractivity contribution is 6.00. The van der Waals surface area contributed by atoms with E-state index in [-0.39, 0.29) is 18.4 Å². The van der Waals surface area contributed by atoms with Gasteiger partial charge in [-0.25, -0.2) is 0 Å². The molecule has 6 nitrogen and oxygen atoms in total. The number of rotatable bonds is 8. The van der Waals surface area contributed by atoms with Gasteiger partial charge in [-0.1, -0.05) is 0 Å². The molecular weight excluding hydrogens is 438 g/mol. The number of hydrogen-bond acceptors (Lipinski definition) is 3. The van der Waals surface area contributed by atoms with Crippen LogP contribution in [0.4, 0.5) is 0 Å². The Morgan fingerprint density at radius 1 is 1.06 bits per heavy atom. The first-order valence-corrected chi connectivity index (χ1v) is 13.9. The van der Waals surface area contributed by atoms with Crippen LogP contribution in [0.2, 0.25) is 0 Å². The predicted molar refractivity (Wildman–Crippen MR) is 136 cm³/mol. The molecule has 1 aliphatic heterocycles. The third-order valence-electron chi connectivity index (χ3n) is 8.77. The second kappa shape index (κ2) is 9.61. The van der Waals surface area contributed by atoms with Gasteiger partial charge in [0, 0.05) is 54.5 Å². The van der Waals surface area contributed by atoms with Crippen LogP contribution < -0.4 is 5.32 Å². The molecule has 0 radical (unpaired) electrons. The minimum Gasteiger partial charge on any atom is -0.381 e. The molecule has 35 heavy (non-hydrogen) atoms. The average Bonchev–Trinajstić information content (AvgIpc) is 3.83. The van der Waals surface area contributed by atoms with E-state index < -0.39 is 0 Å². The smallest absolute Gasteiger partial charge is 0.254 e. The first-order valence-electron chi connectivity index (χ1n) is 13.9. The lowest BCUT2D eigenvalue weighted by Gasteiger charge is -2.33. The summed E-state index contributed by atoms with van der Waals surface area (Å²) in [6.45, 7) is 5.53. The van der Waals surface area contributed by atoms with Crippen LogP contribution >= 0.6 is 0 Å². The Morgan fingerprint density at radius 3 is 2.57 bits per heavy atom. The van der Waals surface area contributed by atoms with Gasteiger partial charge in [-0.3, -0.25) is 9.59 Å². The Bertz CT molecular complexity index is 1110. The molecule has 6 heteroatoms. The fourth-order valence-electron chi connectivity index (χ4n) is 6.35. The van der Waals surface area contributed by atoms with E-state index >= 15 is 0 Å². The summed E-state index contributed by atoms with van der Waals surface area (Å²) in [6.07, 6.45) is 10.7. The van der Waals surface area contributed by atoms with Crippen LogP contribution in [0.15, 0.2) is 18.2 Å². The lowest BCUT2D eigenvalue weighted by molar-refractivity contribution is -0.121.